The summed E-state index contributed by atoms with van der Waals surface area (Å²) >= 11 is 0. The summed E-state index contributed by atoms with van der Waals surface area (Å²) in [6.45, 7) is 18.5. The van der Waals surface area contributed by atoms with Crippen molar-refractivity contribution in [3.8, 4) is 0 Å². The summed E-state index contributed by atoms with van der Waals surface area (Å²) in [6.07, 6.45) is 1.31. The van der Waals surface area contributed by atoms with E-state index in [0.29, 0.717) is 11.9 Å². The van der Waals surface area contributed by atoms with Gasteiger partial charge in [0.2, 0.25) is 0 Å². The van der Waals surface area contributed by atoms with Crippen LogP contribution < -0.4 is 10.9 Å². The lowest BCUT2D eigenvalue weighted by molar-refractivity contribution is 0.00578. The van der Waals surface area contributed by atoms with E-state index in [1.807, 2.05) is 66.7 Å². The van der Waals surface area contributed by atoms with Gasteiger partial charge in [0.1, 0.15) is 5.60 Å². The Kier molecular flexibility index (Phi) is 6.38. The third kappa shape index (κ3) is 4.75. The Hall–Kier alpha value is -2.32. The predicted molar refractivity (Wildman–Crippen MR) is 139 cm³/mol. The highest BCUT2D eigenvalue weighted by Crippen LogP contribution is 2.38. The third-order valence-electron chi connectivity index (χ3n) is 7.37. The topological polar surface area (TPSA) is 70.0 Å². The fourth-order valence-corrected chi connectivity index (χ4v) is 4.95. The van der Waals surface area contributed by atoms with Crippen LogP contribution in [0, 0.1) is 0 Å². The van der Waals surface area contributed by atoms with Crippen LogP contribution in [0.5, 0.6) is 0 Å². The van der Waals surface area contributed by atoms with Crippen LogP contribution in [0.25, 0.3) is 10.9 Å². The number of pyridine rings is 1. The molecule has 35 heavy (non-hydrogen) atoms. The Morgan fingerprint density at radius 1 is 1.11 bits per heavy atom. The monoisotopic (exact) mass is 482 g/mol. The maximum absolute atomic E-state index is 13.3. The molecule has 0 aliphatic carbocycles. The van der Waals surface area contributed by atoms with Crippen molar-refractivity contribution >= 4 is 29.6 Å². The van der Waals surface area contributed by atoms with E-state index in [1.54, 1.807) is 11.0 Å². The van der Waals surface area contributed by atoms with E-state index >= 15 is 0 Å². The van der Waals surface area contributed by atoms with Crippen LogP contribution in [-0.2, 0) is 14.0 Å². The predicted octanol–water partition coefficient (Wildman–Crippen LogP) is 4.95. The molecule has 2 aliphatic heterocycles. The number of likely N-dealkylation sites (tertiary alicyclic amines) is 1. The number of rotatable bonds is 3. The van der Waals surface area contributed by atoms with Crippen LogP contribution in [0.1, 0.15) is 92.9 Å². The van der Waals surface area contributed by atoms with Crippen molar-refractivity contribution in [2.24, 2.45) is 0 Å². The lowest BCUT2D eigenvalue weighted by Crippen LogP contribution is -2.41. The Morgan fingerprint density at radius 3 is 2.31 bits per heavy atom. The summed E-state index contributed by atoms with van der Waals surface area (Å²) in [5.74, 6) is 0. The average Bonchev–Trinajstić information content (AvgIpc) is 3.28. The second-order valence-electron chi connectivity index (χ2n) is 12.1. The first-order chi connectivity index (χ1) is 16.1. The van der Waals surface area contributed by atoms with Gasteiger partial charge in [-0.05, 0) is 92.8 Å². The molecule has 8 heteroatoms. The molecule has 0 N–H and O–H groups in total. The second-order valence-corrected chi connectivity index (χ2v) is 12.1. The smallest absolute Gasteiger partial charge is 0.444 e. The molecule has 2 aliphatic rings. The van der Waals surface area contributed by atoms with Crippen molar-refractivity contribution < 1.29 is 18.8 Å². The molecule has 1 aromatic heterocycles. The zero-order valence-corrected chi connectivity index (χ0v) is 22.6. The number of hydrogen-bond acceptors (Lipinski definition) is 5. The number of nitrogens with zero attached hydrogens (tertiary/aromatic N) is 2. The van der Waals surface area contributed by atoms with Crippen LogP contribution in [-0.4, -0.2) is 46.0 Å². The molecule has 1 aromatic carbocycles. The van der Waals surface area contributed by atoms with Gasteiger partial charge < -0.3 is 18.6 Å². The van der Waals surface area contributed by atoms with E-state index in [4.69, 9.17) is 14.0 Å². The SMILES string of the molecule is CC(C)n1c(C2CCCN2C(=O)OC(C)(C)C)cc(=O)c2ccc(B3OC(C)(C)C(C)(C)O3)cc21. The number of carbonyl (C=O) groups excluding carboxylic acids is 1. The first-order valence-electron chi connectivity index (χ1n) is 12.7. The summed E-state index contributed by atoms with van der Waals surface area (Å²) in [4.78, 5) is 28.0. The molecule has 2 fully saturated rings. The van der Waals surface area contributed by atoms with Gasteiger partial charge >= 0.3 is 13.2 Å². The van der Waals surface area contributed by atoms with Gasteiger partial charge in [-0.2, -0.15) is 0 Å². The number of amides is 1. The fraction of sp³-hybridized carbons (Fsp3) is 0.630. The Balaban J connectivity index is 1.81. The molecule has 0 saturated carbocycles. The molecule has 2 saturated heterocycles. The number of fused-ring (bicyclic) bond motifs is 1. The van der Waals surface area contributed by atoms with Gasteiger partial charge in [0.05, 0.1) is 22.8 Å². The molecule has 0 spiro atoms. The minimum Gasteiger partial charge on any atom is -0.444 e. The second kappa shape index (κ2) is 8.66. The minimum atomic E-state index is -0.580. The van der Waals surface area contributed by atoms with Gasteiger partial charge in [-0.1, -0.05) is 6.07 Å². The zero-order chi connectivity index (χ0) is 25.9. The lowest BCUT2D eigenvalue weighted by atomic mass is 9.78. The number of aromatic nitrogens is 1. The zero-order valence-electron chi connectivity index (χ0n) is 22.6. The van der Waals surface area contributed by atoms with Crippen LogP contribution in [0.3, 0.4) is 0 Å². The van der Waals surface area contributed by atoms with Gasteiger partial charge in [0.25, 0.3) is 0 Å². The van der Waals surface area contributed by atoms with Crippen molar-refractivity contribution in [1.29, 1.82) is 0 Å². The molecule has 1 atom stereocenters. The number of ether oxygens (including phenoxy) is 1. The molecular formula is C27H39BN2O5. The standard InChI is InChI=1S/C27H39BN2O5/c1-17(2)30-21-15-18(28-34-26(6,7)27(8,9)35-28)12-13-19(21)23(31)16-22(30)20-11-10-14-29(20)24(32)33-25(3,4)5/h12-13,15-17,20H,10-11,14H2,1-9H3. The summed E-state index contributed by atoms with van der Waals surface area (Å²) in [7, 11) is -0.520. The quantitative estimate of drug-likeness (QED) is 0.579. The van der Waals surface area contributed by atoms with Gasteiger partial charge in [-0.3, -0.25) is 9.69 Å². The fourth-order valence-electron chi connectivity index (χ4n) is 4.95. The van der Waals surface area contributed by atoms with Crippen LogP contribution >= 0.6 is 0 Å². The first-order valence-corrected chi connectivity index (χ1v) is 12.7. The Labute approximate surface area is 208 Å². The van der Waals surface area contributed by atoms with E-state index < -0.39 is 23.9 Å². The molecule has 1 unspecified atom stereocenters. The van der Waals surface area contributed by atoms with E-state index in [0.717, 1.165) is 29.5 Å². The maximum Gasteiger partial charge on any atom is 0.494 e. The van der Waals surface area contributed by atoms with Gasteiger partial charge in [0.15, 0.2) is 5.43 Å². The van der Waals surface area contributed by atoms with Gasteiger partial charge in [-0.25, -0.2) is 4.79 Å². The summed E-state index contributed by atoms with van der Waals surface area (Å²) in [6, 6.07) is 7.34. The molecule has 0 bridgehead atoms. The third-order valence-corrected chi connectivity index (χ3v) is 7.37. The molecule has 190 valence electrons. The molecule has 0 radical (unpaired) electrons. The number of carbonyl (C=O) groups is 1. The summed E-state index contributed by atoms with van der Waals surface area (Å²) in [5, 5.41) is 0.643. The molecule has 3 heterocycles. The first kappa shape index (κ1) is 25.8. The van der Waals surface area contributed by atoms with E-state index in [-0.39, 0.29) is 23.6 Å². The van der Waals surface area contributed by atoms with Crippen molar-refractivity contribution in [2.75, 3.05) is 6.54 Å². The minimum absolute atomic E-state index is 0.0524. The number of benzene rings is 1. The van der Waals surface area contributed by atoms with Crippen LogP contribution in [0.2, 0.25) is 0 Å². The maximum atomic E-state index is 13.3. The van der Waals surface area contributed by atoms with Crippen molar-refractivity contribution in [3.63, 3.8) is 0 Å². The Morgan fingerprint density at radius 2 is 1.74 bits per heavy atom. The highest BCUT2D eigenvalue weighted by Gasteiger charge is 2.51. The van der Waals surface area contributed by atoms with Crippen molar-refractivity contribution in [1.82, 2.24) is 9.47 Å². The molecule has 4 rings (SSSR count). The van der Waals surface area contributed by atoms with Crippen molar-refractivity contribution in [2.45, 2.75) is 104 Å². The number of hydrogen-bond donors (Lipinski definition) is 0. The molecule has 7 nitrogen and oxygen atoms in total. The largest absolute Gasteiger partial charge is 0.494 e. The van der Waals surface area contributed by atoms with Crippen molar-refractivity contribution in [3.05, 3.63) is 40.2 Å². The normalized spacial score (nSPS) is 21.8. The highest BCUT2D eigenvalue weighted by molar-refractivity contribution is 6.62. The van der Waals surface area contributed by atoms with E-state index in [2.05, 4.69) is 18.4 Å². The summed E-state index contributed by atoms with van der Waals surface area (Å²) < 4.78 is 20.4. The molecule has 1 amide bonds. The highest BCUT2D eigenvalue weighted by atomic mass is 16.7. The van der Waals surface area contributed by atoms with Gasteiger partial charge in [0, 0.05) is 29.7 Å². The Bertz CT molecular complexity index is 1180. The average molecular weight is 482 g/mol. The van der Waals surface area contributed by atoms with Gasteiger partial charge in [-0.15, -0.1) is 0 Å². The lowest BCUT2D eigenvalue weighted by Gasteiger charge is -2.32. The van der Waals surface area contributed by atoms with E-state index in [9.17, 15) is 9.59 Å². The van der Waals surface area contributed by atoms with Crippen LogP contribution in [0.4, 0.5) is 4.79 Å². The molecule has 2 aromatic rings. The van der Waals surface area contributed by atoms with Crippen LogP contribution in [0.15, 0.2) is 29.1 Å². The van der Waals surface area contributed by atoms with E-state index in [1.165, 1.54) is 0 Å². The molecular weight excluding hydrogens is 443 g/mol. The summed E-state index contributed by atoms with van der Waals surface area (Å²) in [5.41, 5.74) is 0.996.